The van der Waals surface area contributed by atoms with E-state index in [-0.39, 0.29) is 30.1 Å². The molecule has 1 aliphatic heterocycles. The van der Waals surface area contributed by atoms with Crippen LogP contribution in [0, 0.1) is 0 Å². The van der Waals surface area contributed by atoms with Crippen molar-refractivity contribution in [1.82, 2.24) is 20.5 Å². The Hall–Kier alpha value is -2.27. The monoisotopic (exact) mass is 568 g/mol. The van der Waals surface area contributed by atoms with Crippen LogP contribution in [0.3, 0.4) is 0 Å². The molecule has 0 spiro atoms. The highest BCUT2D eigenvalue weighted by Crippen LogP contribution is 2.26. The average Bonchev–Trinajstić information content (AvgIpc) is 2.82. The fraction of sp³-hybridized carbons (Fsp3) is 0.500. The lowest BCUT2D eigenvalue weighted by Gasteiger charge is -2.33. The van der Waals surface area contributed by atoms with Crippen LogP contribution in [-0.4, -0.2) is 75.4 Å². The van der Waals surface area contributed by atoms with Crippen molar-refractivity contribution in [3.8, 4) is 11.5 Å². The molecule has 2 aromatic rings. The Morgan fingerprint density at radius 1 is 1.09 bits per heavy atom. The molecule has 1 aliphatic rings. The summed E-state index contributed by atoms with van der Waals surface area (Å²) in [5.74, 6) is 3.26. The van der Waals surface area contributed by atoms with Crippen LogP contribution < -0.4 is 25.0 Å². The number of methoxy groups -OCH3 is 1. The summed E-state index contributed by atoms with van der Waals surface area (Å²) in [4.78, 5) is 14.0. The van der Waals surface area contributed by atoms with Crippen molar-refractivity contribution in [3.63, 3.8) is 0 Å². The normalized spacial score (nSPS) is 15.4. The standard InChI is InChI=1S/C24H36N6O2.HI/c1-5-25-24(27-16-19(2)32-22-9-7-6-8-21(22)31-4)28-18-20-10-11-23(26-17-20)30-14-12-29(3)13-15-30;/h6-11,17,19H,5,12-16,18H2,1-4H3,(H2,25,27,28);1H. The highest BCUT2D eigenvalue weighted by molar-refractivity contribution is 14.0. The van der Waals surface area contributed by atoms with E-state index >= 15 is 0 Å². The molecule has 2 heterocycles. The van der Waals surface area contributed by atoms with Gasteiger partial charge < -0.3 is 29.9 Å². The molecule has 1 unspecified atom stereocenters. The highest BCUT2D eigenvalue weighted by atomic mass is 127. The number of hydrogen-bond acceptors (Lipinski definition) is 6. The summed E-state index contributed by atoms with van der Waals surface area (Å²) in [5.41, 5.74) is 1.08. The maximum atomic E-state index is 6.02. The predicted octanol–water partition coefficient (Wildman–Crippen LogP) is 2.98. The number of ether oxygens (including phenoxy) is 2. The van der Waals surface area contributed by atoms with E-state index in [9.17, 15) is 0 Å². The minimum Gasteiger partial charge on any atom is -0.493 e. The second-order valence-corrected chi connectivity index (χ2v) is 7.97. The van der Waals surface area contributed by atoms with Gasteiger partial charge in [-0.05, 0) is 44.7 Å². The molecule has 0 amide bonds. The number of hydrogen-bond donors (Lipinski definition) is 2. The third kappa shape index (κ3) is 8.54. The molecule has 1 saturated heterocycles. The van der Waals surface area contributed by atoms with Crippen LogP contribution in [0.1, 0.15) is 19.4 Å². The van der Waals surface area contributed by atoms with Crippen LogP contribution in [0.25, 0.3) is 0 Å². The summed E-state index contributed by atoms with van der Waals surface area (Å²) < 4.78 is 11.4. The third-order valence-corrected chi connectivity index (χ3v) is 5.35. The minimum atomic E-state index is -0.0558. The van der Waals surface area contributed by atoms with Crippen LogP contribution in [-0.2, 0) is 6.54 Å². The maximum Gasteiger partial charge on any atom is 0.191 e. The Labute approximate surface area is 214 Å². The molecule has 0 saturated carbocycles. The van der Waals surface area contributed by atoms with Crippen LogP contribution in [0.4, 0.5) is 5.82 Å². The SMILES string of the molecule is CCNC(=NCc1ccc(N2CCN(C)CC2)nc1)NCC(C)Oc1ccccc1OC.I. The molecule has 1 aromatic carbocycles. The minimum absolute atomic E-state index is 0. The van der Waals surface area contributed by atoms with Gasteiger partial charge in [0.1, 0.15) is 11.9 Å². The van der Waals surface area contributed by atoms with Gasteiger partial charge in [-0.3, -0.25) is 0 Å². The summed E-state index contributed by atoms with van der Waals surface area (Å²) in [6, 6.07) is 11.9. The van der Waals surface area contributed by atoms with E-state index in [0.29, 0.717) is 13.1 Å². The molecule has 1 fully saturated rings. The Morgan fingerprint density at radius 3 is 2.45 bits per heavy atom. The summed E-state index contributed by atoms with van der Waals surface area (Å²) in [6.45, 7) is 10.2. The molecule has 2 N–H and O–H groups in total. The number of nitrogens with one attached hydrogen (secondary N) is 2. The third-order valence-electron chi connectivity index (χ3n) is 5.35. The zero-order chi connectivity index (χ0) is 22.8. The Morgan fingerprint density at radius 2 is 1.82 bits per heavy atom. The van der Waals surface area contributed by atoms with Crippen molar-refractivity contribution in [2.45, 2.75) is 26.5 Å². The summed E-state index contributed by atoms with van der Waals surface area (Å²) in [7, 11) is 3.81. The average molecular weight is 569 g/mol. The molecule has 8 nitrogen and oxygen atoms in total. The number of anilines is 1. The number of halogens is 1. The molecule has 9 heteroatoms. The van der Waals surface area contributed by atoms with Crippen LogP contribution in [0.2, 0.25) is 0 Å². The summed E-state index contributed by atoms with van der Waals surface area (Å²) in [6.07, 6.45) is 1.87. The first-order valence-electron chi connectivity index (χ1n) is 11.3. The van der Waals surface area contributed by atoms with Gasteiger partial charge in [0.25, 0.3) is 0 Å². The zero-order valence-corrected chi connectivity index (χ0v) is 22.4. The van der Waals surface area contributed by atoms with Crippen LogP contribution >= 0.6 is 24.0 Å². The lowest BCUT2D eigenvalue weighted by molar-refractivity contribution is 0.213. The van der Waals surface area contributed by atoms with Gasteiger partial charge in [0.15, 0.2) is 17.5 Å². The van der Waals surface area contributed by atoms with Gasteiger partial charge in [-0.1, -0.05) is 18.2 Å². The quantitative estimate of drug-likeness (QED) is 0.274. The van der Waals surface area contributed by atoms with Crippen molar-refractivity contribution in [2.75, 3.05) is 58.3 Å². The van der Waals surface area contributed by atoms with Crippen molar-refractivity contribution < 1.29 is 9.47 Å². The Bertz CT molecular complexity index is 856. The van der Waals surface area contributed by atoms with Gasteiger partial charge in [0.2, 0.25) is 0 Å². The largest absolute Gasteiger partial charge is 0.493 e. The molecular formula is C24H37IN6O2. The van der Waals surface area contributed by atoms with Gasteiger partial charge >= 0.3 is 0 Å². The first kappa shape index (κ1) is 27.0. The number of aromatic nitrogens is 1. The molecular weight excluding hydrogens is 531 g/mol. The molecule has 33 heavy (non-hydrogen) atoms. The number of rotatable bonds is 9. The summed E-state index contributed by atoms with van der Waals surface area (Å²) >= 11 is 0. The second-order valence-electron chi connectivity index (χ2n) is 7.97. The van der Waals surface area contributed by atoms with Gasteiger partial charge in [0, 0.05) is 38.9 Å². The van der Waals surface area contributed by atoms with Crippen molar-refractivity contribution in [1.29, 1.82) is 0 Å². The number of aliphatic imine (C=N–C) groups is 1. The van der Waals surface area contributed by atoms with Gasteiger partial charge in [0.05, 0.1) is 20.2 Å². The highest BCUT2D eigenvalue weighted by Gasteiger charge is 2.15. The molecule has 0 bridgehead atoms. The van der Waals surface area contributed by atoms with E-state index in [2.05, 4.69) is 51.5 Å². The molecule has 0 radical (unpaired) electrons. The van der Waals surface area contributed by atoms with E-state index in [0.717, 1.165) is 61.6 Å². The number of nitrogens with zero attached hydrogens (tertiary/aromatic N) is 4. The number of piperazine rings is 1. The number of likely N-dealkylation sites (N-methyl/N-ethyl adjacent to an activating group) is 1. The number of pyridine rings is 1. The van der Waals surface area contributed by atoms with Gasteiger partial charge in [-0.25, -0.2) is 9.98 Å². The van der Waals surface area contributed by atoms with E-state index in [1.165, 1.54) is 0 Å². The van der Waals surface area contributed by atoms with Gasteiger partial charge in [-0.15, -0.1) is 24.0 Å². The number of guanidine groups is 1. The van der Waals surface area contributed by atoms with Crippen LogP contribution in [0.15, 0.2) is 47.6 Å². The molecule has 182 valence electrons. The molecule has 0 aliphatic carbocycles. The van der Waals surface area contributed by atoms with E-state index in [1.54, 1.807) is 7.11 Å². The lowest BCUT2D eigenvalue weighted by atomic mass is 10.2. The van der Waals surface area contributed by atoms with Crippen LogP contribution in [0.5, 0.6) is 11.5 Å². The Balaban J connectivity index is 0.00000385. The topological polar surface area (TPSA) is 74.3 Å². The number of benzene rings is 1. The maximum absolute atomic E-state index is 6.02. The van der Waals surface area contributed by atoms with E-state index < -0.39 is 0 Å². The van der Waals surface area contributed by atoms with Crippen molar-refractivity contribution in [3.05, 3.63) is 48.2 Å². The first-order chi connectivity index (χ1) is 15.6. The molecule has 1 aromatic heterocycles. The van der Waals surface area contributed by atoms with Gasteiger partial charge in [-0.2, -0.15) is 0 Å². The first-order valence-corrected chi connectivity index (χ1v) is 11.3. The number of para-hydroxylation sites is 2. The van der Waals surface area contributed by atoms with E-state index in [4.69, 9.17) is 14.5 Å². The van der Waals surface area contributed by atoms with Crippen molar-refractivity contribution in [2.24, 2.45) is 4.99 Å². The predicted molar refractivity (Wildman–Crippen MR) is 145 cm³/mol. The fourth-order valence-corrected chi connectivity index (χ4v) is 3.46. The molecule has 3 rings (SSSR count). The summed E-state index contributed by atoms with van der Waals surface area (Å²) in [5, 5.41) is 6.64. The smallest absolute Gasteiger partial charge is 0.191 e. The molecule has 1 atom stereocenters. The lowest BCUT2D eigenvalue weighted by Crippen LogP contribution is -2.44. The zero-order valence-electron chi connectivity index (χ0n) is 20.1. The Kier molecular flexibility index (Phi) is 11.5. The fourth-order valence-electron chi connectivity index (χ4n) is 3.46. The van der Waals surface area contributed by atoms with Crippen molar-refractivity contribution >= 4 is 35.8 Å². The second kappa shape index (κ2) is 14.1. The van der Waals surface area contributed by atoms with E-state index in [1.807, 2.05) is 37.4 Å².